The highest BCUT2D eigenvalue weighted by Gasteiger charge is 2.54. The Bertz CT molecular complexity index is 2090. The molecule has 4 unspecified atom stereocenters. The summed E-state index contributed by atoms with van der Waals surface area (Å²) >= 11 is 4.54. The van der Waals surface area contributed by atoms with Crippen LogP contribution < -0.4 is 11.5 Å². The summed E-state index contributed by atoms with van der Waals surface area (Å²) in [6.07, 6.45) is -7.59. The topological polar surface area (TPSA) is 275 Å². The number of carbonyl (C=O) groups excluding carboxylic acids is 1. The van der Waals surface area contributed by atoms with Crippen molar-refractivity contribution >= 4 is 77.2 Å². The summed E-state index contributed by atoms with van der Waals surface area (Å²) in [5.41, 5.74) is 11.6. The molecule has 0 spiro atoms. The van der Waals surface area contributed by atoms with E-state index in [2.05, 4.69) is 42.2 Å². The molecule has 0 saturated carbocycles. The number of rotatable bonds is 5. The third-order valence-corrected chi connectivity index (χ3v) is 13.2. The summed E-state index contributed by atoms with van der Waals surface area (Å²) in [6, 6.07) is 0. The van der Waals surface area contributed by atoms with Crippen molar-refractivity contribution in [1.82, 2.24) is 39.0 Å². The fourth-order valence-electron chi connectivity index (χ4n) is 5.61. The van der Waals surface area contributed by atoms with E-state index in [4.69, 9.17) is 43.8 Å². The van der Waals surface area contributed by atoms with Crippen LogP contribution in [-0.2, 0) is 46.2 Å². The minimum atomic E-state index is -4.54. The molecular formula is C26H33FN10O11P2S2. The fraction of sp³-hybridized carbons (Fsp3) is 0.577. The van der Waals surface area contributed by atoms with Crippen molar-refractivity contribution in [2.45, 2.75) is 69.9 Å². The minimum Gasteiger partial charge on any atom is -0.454 e. The number of aliphatic hydroxyl groups is 1. The Labute approximate surface area is 302 Å². The first kappa shape index (κ1) is 37.3. The van der Waals surface area contributed by atoms with Crippen molar-refractivity contribution < 1.29 is 55.7 Å². The number of ether oxygens (including phenoxy) is 3. The second kappa shape index (κ2) is 14.0. The van der Waals surface area contributed by atoms with Crippen LogP contribution in [0.25, 0.3) is 22.3 Å². The normalized spacial score (nSPS) is 34.4. The summed E-state index contributed by atoms with van der Waals surface area (Å²) in [5, 5.41) is 11.5. The lowest BCUT2D eigenvalue weighted by atomic mass is 9.98. The van der Waals surface area contributed by atoms with Gasteiger partial charge in [0.05, 0.1) is 31.3 Å². The molecule has 3 saturated heterocycles. The average Bonchev–Trinajstić information content (AvgIpc) is 3.84. The van der Waals surface area contributed by atoms with E-state index in [1.165, 1.54) is 28.1 Å². The summed E-state index contributed by atoms with van der Waals surface area (Å²) in [4.78, 5) is 37.1. The van der Waals surface area contributed by atoms with Crippen LogP contribution in [0.2, 0.25) is 0 Å². The van der Waals surface area contributed by atoms with Gasteiger partial charge in [0.25, 0.3) is 0 Å². The van der Waals surface area contributed by atoms with Gasteiger partial charge in [-0.1, -0.05) is 12.2 Å². The molecule has 10 atom stereocenters. The van der Waals surface area contributed by atoms with Crippen molar-refractivity contribution in [3.63, 3.8) is 0 Å². The number of nitrogen functional groups attached to an aromatic ring is 2. The number of fused-ring (bicyclic) bond motifs is 5. The molecule has 0 radical (unpaired) electrons. The Morgan fingerprint density at radius 2 is 1.52 bits per heavy atom. The Morgan fingerprint density at radius 3 is 2.13 bits per heavy atom. The molecule has 3 aliphatic heterocycles. The summed E-state index contributed by atoms with van der Waals surface area (Å²) in [6.45, 7) is -5.43. The highest BCUT2D eigenvalue weighted by atomic mass is 32.7. The van der Waals surface area contributed by atoms with Crippen LogP contribution in [0, 0.1) is 5.41 Å². The number of thiol groups is 1. The van der Waals surface area contributed by atoms with Gasteiger partial charge in [-0.3, -0.25) is 32.0 Å². The number of nitrogens with two attached hydrogens (primary N) is 2. The van der Waals surface area contributed by atoms with Crippen molar-refractivity contribution in [2.24, 2.45) is 5.41 Å². The van der Waals surface area contributed by atoms with Gasteiger partial charge < -0.3 is 30.8 Å². The van der Waals surface area contributed by atoms with Crippen molar-refractivity contribution in [1.29, 1.82) is 0 Å². The molecule has 21 nitrogen and oxygen atoms in total. The van der Waals surface area contributed by atoms with Gasteiger partial charge in [0, 0.05) is 11.4 Å². The first-order chi connectivity index (χ1) is 24.6. The molecule has 7 heterocycles. The number of esters is 1. The van der Waals surface area contributed by atoms with Gasteiger partial charge in [0.2, 0.25) is 0 Å². The summed E-state index contributed by atoms with van der Waals surface area (Å²) in [5.74, 6) is -1.04. The van der Waals surface area contributed by atoms with E-state index >= 15 is 4.39 Å². The molecule has 52 heavy (non-hydrogen) atoms. The fourth-order valence-corrected chi connectivity index (χ4v) is 9.87. The Balaban J connectivity index is 1.23. The largest absolute Gasteiger partial charge is 0.454 e. The molecule has 7 rings (SSSR count). The van der Waals surface area contributed by atoms with Crippen molar-refractivity contribution in [3.8, 4) is 0 Å². The van der Waals surface area contributed by atoms with E-state index in [9.17, 15) is 19.0 Å². The number of carbonyl (C=O) groups is 1. The third kappa shape index (κ3) is 7.14. The Kier molecular flexibility index (Phi) is 10.0. The average molecular weight is 807 g/mol. The maximum Gasteiger partial charge on any atom is 0.392 e. The molecule has 4 aromatic heterocycles. The zero-order valence-corrected chi connectivity index (χ0v) is 30.9. The third-order valence-electron chi connectivity index (χ3n) is 8.22. The van der Waals surface area contributed by atoms with Gasteiger partial charge in [-0.15, -0.1) is 0 Å². The number of aromatic nitrogens is 8. The molecule has 3 aliphatic rings. The number of halogens is 1. The first-order valence-electron chi connectivity index (χ1n) is 15.4. The monoisotopic (exact) mass is 806 g/mol. The molecule has 26 heteroatoms. The van der Waals surface area contributed by atoms with Crippen LogP contribution in [0.3, 0.4) is 0 Å². The second-order valence-corrected chi connectivity index (χ2v) is 19.7. The van der Waals surface area contributed by atoms with E-state index in [-0.39, 0.29) is 34.0 Å². The van der Waals surface area contributed by atoms with Crippen molar-refractivity contribution in [3.05, 3.63) is 25.3 Å². The standard InChI is InChI=1S/C26H33FN10O11P2S2/c1-26(2,3)25(39)42-10-52-50(41)44-5-12-17(13(27)23(46-12)36-8-34-14-19(28)30-6-32-21(14)36)47-49(40,51)43-4-11-16(38)18(48-50)24(45-11)37-9-35-15-20(29)31-7-33-22(15)37/h6-9,11-13,16-18,23-24,38H,4-5,10H2,1-3H3,(H,40,51)(H2,28,30,32)(H2,29,31,33)/t11-,12-,13+,16?,17?,18+,23-,24-,49?,50?/m1/s1. The van der Waals surface area contributed by atoms with Gasteiger partial charge in [-0.2, -0.15) is 0 Å². The molecule has 0 amide bonds. The lowest BCUT2D eigenvalue weighted by Crippen LogP contribution is -2.35. The number of aliphatic hydroxyl groups excluding tert-OH is 1. The Hall–Kier alpha value is -3.02. The highest BCUT2D eigenvalue weighted by molar-refractivity contribution is 8.55. The zero-order valence-electron chi connectivity index (χ0n) is 27.4. The molecular weight excluding hydrogens is 773 g/mol. The van der Waals surface area contributed by atoms with Crippen LogP contribution in [0.5, 0.6) is 0 Å². The van der Waals surface area contributed by atoms with Gasteiger partial charge in [0.15, 0.2) is 41.6 Å². The predicted octanol–water partition coefficient (Wildman–Crippen LogP) is 2.57. The summed E-state index contributed by atoms with van der Waals surface area (Å²) < 4.78 is 87.6. The lowest BCUT2D eigenvalue weighted by Gasteiger charge is -2.28. The number of alkyl halides is 1. The molecule has 282 valence electrons. The maximum absolute atomic E-state index is 16.3. The smallest absolute Gasteiger partial charge is 0.392 e. The number of anilines is 2. The van der Waals surface area contributed by atoms with Gasteiger partial charge >= 0.3 is 19.6 Å². The van der Waals surface area contributed by atoms with E-state index in [1.807, 2.05) is 0 Å². The molecule has 4 aromatic rings. The van der Waals surface area contributed by atoms with Gasteiger partial charge in [-0.25, -0.2) is 43.4 Å². The van der Waals surface area contributed by atoms with Gasteiger partial charge in [-0.05, 0) is 20.8 Å². The minimum absolute atomic E-state index is 0.0341. The molecule has 2 bridgehead atoms. The van der Waals surface area contributed by atoms with E-state index in [0.717, 1.165) is 6.33 Å². The quantitative estimate of drug-likeness (QED) is 0.0976. The lowest BCUT2D eigenvalue weighted by molar-refractivity contribution is -0.150. The van der Waals surface area contributed by atoms with Crippen LogP contribution in [0.4, 0.5) is 16.0 Å². The van der Waals surface area contributed by atoms with Crippen LogP contribution in [0.1, 0.15) is 33.2 Å². The number of imidazole rings is 2. The number of nitrogens with zero attached hydrogens (tertiary/aromatic N) is 8. The second-order valence-electron chi connectivity index (χ2n) is 12.8. The summed E-state index contributed by atoms with van der Waals surface area (Å²) in [7, 11) is 0. The van der Waals surface area contributed by atoms with Gasteiger partial charge in [0.1, 0.15) is 60.1 Å². The van der Waals surface area contributed by atoms with E-state index in [0.29, 0.717) is 11.4 Å². The molecule has 0 aliphatic carbocycles. The number of hydrogen-bond acceptors (Lipinski definition) is 20. The predicted molar refractivity (Wildman–Crippen MR) is 182 cm³/mol. The Morgan fingerprint density at radius 1 is 0.942 bits per heavy atom. The first-order valence-corrected chi connectivity index (χ1v) is 21.3. The SMILES string of the molecule is CC(C)(C)C(=O)OCSP1(=O)OC[C@H]2O[C@@H](n3cnc4c(N)ncnc43)[C@@H](F)C2OP(=O)(S)OC[C@H]2O[C@@H](n3cnc4c(N)ncnc43)[C@@H](O1)C2O. The molecule has 0 aromatic carbocycles. The molecule has 5 N–H and O–H groups in total. The maximum atomic E-state index is 16.3. The van der Waals surface area contributed by atoms with Crippen LogP contribution in [0.15, 0.2) is 25.3 Å². The van der Waals surface area contributed by atoms with E-state index < -0.39 is 93.3 Å². The van der Waals surface area contributed by atoms with Crippen LogP contribution in [-0.4, -0.2) is 106 Å². The zero-order chi connectivity index (χ0) is 37.2. The van der Waals surface area contributed by atoms with Crippen LogP contribution >= 0.6 is 37.2 Å². The number of hydrogen-bond donors (Lipinski definition) is 4. The van der Waals surface area contributed by atoms with E-state index in [1.54, 1.807) is 20.8 Å². The molecule has 3 fully saturated rings. The van der Waals surface area contributed by atoms with Crippen molar-refractivity contribution in [2.75, 3.05) is 30.6 Å². The highest BCUT2D eigenvalue weighted by Crippen LogP contribution is 2.64.